The maximum Gasteiger partial charge on any atom is 0.168 e. The monoisotopic (exact) mass is 1160 g/mol. The van der Waals surface area contributed by atoms with Crippen LogP contribution in [-0.4, -0.2) is 92.3 Å². The van der Waals surface area contributed by atoms with Gasteiger partial charge in [0, 0.05) is 95.7 Å². The Labute approximate surface area is 505 Å². The number of hydrogen-bond donors (Lipinski definition) is 8. The molecule has 8 N–H and O–H groups in total. The molecule has 8 bridgehead atoms. The number of ether oxygens (including phenoxy) is 4. The molecule has 3 aliphatic carbocycles. The molecule has 7 atom stereocenters. The Bertz CT molecular complexity index is 3610. The zero-order chi connectivity index (χ0) is 58.8. The number of unbranched alkanes of at least 4 members (excludes halogenated alkanes) is 1. The van der Waals surface area contributed by atoms with E-state index in [1.54, 1.807) is 24.3 Å². The van der Waals surface area contributed by atoms with E-state index >= 15 is 0 Å². The molecule has 5 aromatic carbocycles. The Morgan fingerprint density at radius 3 is 2.59 bits per heavy atom. The van der Waals surface area contributed by atoms with Crippen molar-refractivity contribution in [2.75, 3.05) is 33.2 Å². The highest BCUT2D eigenvalue weighted by Crippen LogP contribution is 2.60. The molecule has 1 aromatic heterocycles. The van der Waals surface area contributed by atoms with Gasteiger partial charge < -0.3 is 59.5 Å². The van der Waals surface area contributed by atoms with Gasteiger partial charge in [-0.15, -0.1) is 0 Å². The van der Waals surface area contributed by atoms with E-state index in [1.807, 2.05) is 30.4 Å². The predicted molar refractivity (Wildman–Crippen MR) is 333 cm³/mol. The minimum atomic E-state index is -0.777. The number of hydrogen-bond acceptors (Lipinski definition) is 12. The predicted octanol–water partition coefficient (Wildman–Crippen LogP) is 11.5. The average molecular weight is 1160 g/mol. The van der Waals surface area contributed by atoms with Crippen molar-refractivity contribution in [2.24, 2.45) is 17.8 Å². The number of nitrogens with one attached hydrogen (secondary N) is 2. The lowest BCUT2D eigenvalue weighted by molar-refractivity contribution is -0.166. The van der Waals surface area contributed by atoms with Gasteiger partial charge in [0.25, 0.3) is 0 Å². The van der Waals surface area contributed by atoms with Crippen LogP contribution in [0.4, 0.5) is 0 Å². The zero-order valence-electron chi connectivity index (χ0n) is 49.4. The average Bonchev–Trinajstić information content (AvgIpc) is 0.933. The number of phenols is 3. The number of phenolic OH excluding ortho intramolecular Hbond substituents is 3. The van der Waals surface area contributed by atoms with E-state index in [9.17, 15) is 30.6 Å². The van der Waals surface area contributed by atoms with E-state index in [0.29, 0.717) is 56.6 Å². The Kier molecular flexibility index (Phi) is 17.2. The summed E-state index contributed by atoms with van der Waals surface area (Å²) in [6.07, 6.45) is 24.3. The Hall–Kier alpha value is -6.86. The number of aliphatic hydroxyl groups excluding tert-OH is 3. The minimum absolute atomic E-state index is 0.00634. The van der Waals surface area contributed by atoms with Gasteiger partial charge in [0.05, 0.1) is 37.8 Å². The quantitative estimate of drug-likeness (QED) is 0.0293. The van der Waals surface area contributed by atoms with Gasteiger partial charge >= 0.3 is 0 Å². The summed E-state index contributed by atoms with van der Waals surface area (Å²) >= 11 is 0. The first-order valence-electron chi connectivity index (χ1n) is 31.8. The summed E-state index contributed by atoms with van der Waals surface area (Å²) in [5, 5.41) is 75.3. The standard InChI is InChI=1S/C73H83N3O10/c77-29-6-7-30-83-46-74-69-39-51-20-18-47(16-17-48-19-24-65(80)53(32-48)33-49-11-8-13-58(79)34-49)10-9-14-59-40-66(81)52-21-23-60-61(37-52)55(43-78)38-67(82)70(60)85-44-56-36-57(35-54-41-76(42-62(54)56)71(75-69)63(51)45-84-59)73-28-31-86-72(26-4-1-5-27-72)68(73)25-22-50-12-2-3-15-64(50)73/h2-3,8,11-13,15,19,21,23-24,32,34-36,38-39,41-42,47,52,59,66,68-69,74-75,77-82H,1,4-7,9-10,14,16-17,22,25-31,33,37,40,43-46H2/t47-,52-,59-,66-,68+,69?,73-/m0/s1. The fourth-order valence-electron chi connectivity index (χ4n) is 15.8. The number of nitrogens with zero attached hydrogens (tertiary/aromatic N) is 1. The van der Waals surface area contributed by atoms with Crippen LogP contribution in [0.15, 0.2) is 121 Å². The fraction of sp³-hybridized carbons (Fsp3) is 0.452. The first-order valence-corrected chi connectivity index (χ1v) is 31.8. The van der Waals surface area contributed by atoms with Crippen LogP contribution < -0.4 is 15.4 Å². The van der Waals surface area contributed by atoms with Gasteiger partial charge in [0.2, 0.25) is 0 Å². The van der Waals surface area contributed by atoms with Gasteiger partial charge in [-0.1, -0.05) is 97.9 Å². The van der Waals surface area contributed by atoms with Crippen molar-refractivity contribution in [1.29, 1.82) is 0 Å². The first-order chi connectivity index (χ1) is 42.1. The number of aromatic nitrogens is 1. The van der Waals surface area contributed by atoms with Crippen LogP contribution in [0.25, 0.3) is 22.7 Å². The smallest absolute Gasteiger partial charge is 0.168 e. The molecule has 1 saturated heterocycles. The van der Waals surface area contributed by atoms with Gasteiger partial charge in [-0.25, -0.2) is 0 Å². The fourth-order valence-corrected chi connectivity index (χ4v) is 15.8. The maximum absolute atomic E-state index is 12.4. The molecule has 0 amide bonds. The summed E-state index contributed by atoms with van der Waals surface area (Å²) in [6.45, 7) is 1.67. The van der Waals surface area contributed by atoms with Crippen LogP contribution in [0, 0.1) is 29.6 Å². The molecular formula is C73H83N3O10. The van der Waals surface area contributed by atoms with Gasteiger partial charge in [0.1, 0.15) is 30.1 Å². The van der Waals surface area contributed by atoms with Crippen molar-refractivity contribution in [3.63, 3.8) is 0 Å². The van der Waals surface area contributed by atoms with Crippen molar-refractivity contribution in [2.45, 2.75) is 158 Å². The summed E-state index contributed by atoms with van der Waals surface area (Å²) in [5.41, 5.74) is 11.2. The van der Waals surface area contributed by atoms with Crippen molar-refractivity contribution >= 4 is 22.7 Å². The Morgan fingerprint density at radius 2 is 1.72 bits per heavy atom. The molecule has 5 aliphatic heterocycles. The van der Waals surface area contributed by atoms with Gasteiger partial charge in [-0.05, 0) is 170 Å². The second kappa shape index (κ2) is 25.5. The molecule has 1 saturated carbocycles. The second-order valence-electron chi connectivity index (χ2n) is 25.4. The number of fused-ring (bicyclic) bond motifs is 6. The second-order valence-corrected chi connectivity index (χ2v) is 25.4. The lowest BCUT2D eigenvalue weighted by atomic mass is 9.51. The highest BCUT2D eigenvalue weighted by Gasteiger charge is 2.58. The summed E-state index contributed by atoms with van der Waals surface area (Å²) in [7, 11) is 0. The van der Waals surface area contributed by atoms with Crippen LogP contribution in [-0.2, 0) is 58.5 Å². The molecule has 2 fully saturated rings. The van der Waals surface area contributed by atoms with Crippen LogP contribution >= 0.6 is 0 Å². The lowest BCUT2D eigenvalue weighted by Gasteiger charge is -2.59. The molecule has 1 spiro atoms. The Morgan fingerprint density at radius 1 is 0.826 bits per heavy atom. The molecule has 13 heteroatoms. The molecule has 450 valence electrons. The van der Waals surface area contributed by atoms with Crippen LogP contribution in [0.1, 0.15) is 146 Å². The summed E-state index contributed by atoms with van der Waals surface area (Å²) in [4.78, 5) is 0. The molecule has 86 heavy (non-hydrogen) atoms. The SMILES string of the molecule is OCCCCOCNC1C=C2C#C[C@H](CCc3ccc(O)c(Cc4cccc(O)c4)c3)CCC[C@H]3C[C@H](O)[C@H]4C=Cc5c(c(CO)cc(O)c5OCc5cc([C@]67CCOC8(CCCCC8)[C@H]6CCc6ccccc67)cc6cn(cc56)C(=C2CO3)N1)C4. The van der Waals surface area contributed by atoms with Crippen LogP contribution in [0.2, 0.25) is 0 Å². The van der Waals surface area contributed by atoms with E-state index < -0.39 is 12.3 Å². The van der Waals surface area contributed by atoms with Crippen molar-refractivity contribution in [1.82, 2.24) is 15.2 Å². The van der Waals surface area contributed by atoms with E-state index in [-0.39, 0.29) is 85.3 Å². The number of rotatable bonds is 14. The molecule has 8 aliphatic rings. The van der Waals surface area contributed by atoms with Gasteiger partial charge in [-0.2, -0.15) is 0 Å². The summed E-state index contributed by atoms with van der Waals surface area (Å²) in [5.74, 6) is 9.09. The normalized spacial score (nSPS) is 25.0. The summed E-state index contributed by atoms with van der Waals surface area (Å²) < 4.78 is 29.6. The number of aryl methyl sites for hydroxylation is 2. The van der Waals surface area contributed by atoms with E-state index in [0.717, 1.165) is 138 Å². The molecule has 14 rings (SSSR count). The Balaban J connectivity index is 0.947. The number of benzene rings is 5. The third-order valence-electron chi connectivity index (χ3n) is 20.1. The maximum atomic E-state index is 12.4. The first kappa shape index (κ1) is 58.2. The number of dihydropyridines is 1. The largest absolute Gasteiger partial charge is 0.508 e. The van der Waals surface area contributed by atoms with E-state index in [4.69, 9.17) is 18.9 Å². The third-order valence-corrected chi connectivity index (χ3v) is 20.1. The molecule has 0 radical (unpaired) electrons. The van der Waals surface area contributed by atoms with Gasteiger partial charge in [0.15, 0.2) is 11.5 Å². The van der Waals surface area contributed by atoms with Crippen molar-refractivity contribution in [3.05, 3.63) is 176 Å². The number of aromatic hydroxyl groups is 3. The molecule has 6 heterocycles. The molecular weight excluding hydrogens is 1080 g/mol. The molecule has 6 aromatic rings. The van der Waals surface area contributed by atoms with Crippen LogP contribution in [0.5, 0.6) is 23.0 Å². The van der Waals surface area contributed by atoms with E-state index in [2.05, 4.69) is 88.0 Å². The van der Waals surface area contributed by atoms with E-state index in [1.165, 1.54) is 23.1 Å². The third kappa shape index (κ3) is 11.7. The van der Waals surface area contributed by atoms with Gasteiger partial charge in [-0.3, -0.25) is 5.32 Å². The zero-order valence-corrected chi connectivity index (χ0v) is 49.4. The van der Waals surface area contributed by atoms with Crippen LogP contribution in [0.3, 0.4) is 0 Å². The highest BCUT2D eigenvalue weighted by molar-refractivity contribution is 5.89. The van der Waals surface area contributed by atoms with Crippen molar-refractivity contribution < 1.29 is 49.6 Å². The lowest BCUT2D eigenvalue weighted by Crippen LogP contribution is -2.59. The number of aliphatic hydroxyl groups is 3. The molecule has 13 nitrogen and oxygen atoms in total. The highest BCUT2D eigenvalue weighted by atomic mass is 16.5. The molecule has 1 unspecified atom stereocenters. The minimum Gasteiger partial charge on any atom is -0.508 e. The topological polar surface area (TPSA) is 187 Å². The summed E-state index contributed by atoms with van der Waals surface area (Å²) in [6, 6.07) is 28.6. The van der Waals surface area contributed by atoms with Crippen molar-refractivity contribution in [3.8, 4) is 34.8 Å².